The SMILES string of the molecule is Cc1ccc(SC2=C(Nc3cccc(C)c3)C(=O)N(c3cc(Cl)cc(Cl)c3)C2=O)cc1. The molecule has 0 aliphatic carbocycles. The van der Waals surface area contributed by atoms with Crippen LogP contribution >= 0.6 is 35.0 Å². The van der Waals surface area contributed by atoms with Crippen molar-refractivity contribution in [3.8, 4) is 0 Å². The summed E-state index contributed by atoms with van der Waals surface area (Å²) in [5.41, 5.74) is 3.42. The summed E-state index contributed by atoms with van der Waals surface area (Å²) >= 11 is 13.5. The van der Waals surface area contributed by atoms with E-state index in [1.807, 2.05) is 62.4 Å². The minimum atomic E-state index is -0.459. The lowest BCUT2D eigenvalue weighted by atomic mass is 10.2. The molecule has 0 bridgehead atoms. The highest BCUT2D eigenvalue weighted by Crippen LogP contribution is 2.39. The molecule has 0 unspecified atom stereocenters. The molecule has 1 heterocycles. The van der Waals surface area contributed by atoms with E-state index in [0.29, 0.717) is 20.6 Å². The van der Waals surface area contributed by atoms with Gasteiger partial charge in [-0.25, -0.2) is 4.90 Å². The van der Waals surface area contributed by atoms with Crippen molar-refractivity contribution < 1.29 is 9.59 Å². The van der Waals surface area contributed by atoms with Gasteiger partial charge in [0.05, 0.1) is 5.69 Å². The first-order chi connectivity index (χ1) is 14.8. The average Bonchev–Trinajstić information content (AvgIpc) is 2.93. The van der Waals surface area contributed by atoms with E-state index in [1.54, 1.807) is 18.2 Å². The van der Waals surface area contributed by atoms with Crippen molar-refractivity contribution in [2.45, 2.75) is 18.7 Å². The first-order valence-corrected chi connectivity index (χ1v) is 11.1. The van der Waals surface area contributed by atoms with Gasteiger partial charge >= 0.3 is 0 Å². The molecule has 0 aromatic heterocycles. The molecule has 0 radical (unpaired) electrons. The Balaban J connectivity index is 1.77. The second kappa shape index (κ2) is 8.79. The lowest BCUT2D eigenvalue weighted by Gasteiger charge is -2.16. The molecular formula is C24H18Cl2N2O2S. The first kappa shape index (κ1) is 21.5. The molecule has 0 spiro atoms. The number of hydrogen-bond acceptors (Lipinski definition) is 4. The van der Waals surface area contributed by atoms with Crippen molar-refractivity contribution in [1.29, 1.82) is 0 Å². The maximum atomic E-state index is 13.4. The van der Waals surface area contributed by atoms with Crippen molar-refractivity contribution in [1.82, 2.24) is 0 Å². The standard InChI is InChI=1S/C24H18Cl2N2O2S/c1-14-6-8-20(9-7-14)31-22-21(27-18-5-3-4-15(2)10-18)23(29)28(24(22)30)19-12-16(25)11-17(26)13-19/h3-13,27H,1-2H3. The molecule has 156 valence electrons. The molecule has 3 aromatic carbocycles. The first-order valence-electron chi connectivity index (χ1n) is 9.49. The van der Waals surface area contributed by atoms with E-state index in [1.165, 1.54) is 11.8 Å². The predicted octanol–water partition coefficient (Wildman–Crippen LogP) is 6.60. The van der Waals surface area contributed by atoms with Crippen molar-refractivity contribution in [2.24, 2.45) is 0 Å². The fourth-order valence-corrected chi connectivity index (χ4v) is 4.65. The number of nitrogens with zero attached hydrogens (tertiary/aromatic N) is 1. The van der Waals surface area contributed by atoms with Crippen molar-refractivity contribution in [3.63, 3.8) is 0 Å². The lowest BCUT2D eigenvalue weighted by molar-refractivity contribution is -0.120. The molecular weight excluding hydrogens is 451 g/mol. The maximum Gasteiger partial charge on any atom is 0.283 e. The number of hydrogen-bond donors (Lipinski definition) is 1. The van der Waals surface area contributed by atoms with Gasteiger partial charge in [0, 0.05) is 20.6 Å². The quantitative estimate of drug-likeness (QED) is 0.428. The van der Waals surface area contributed by atoms with Gasteiger partial charge in [-0.2, -0.15) is 0 Å². The highest BCUT2D eigenvalue weighted by Gasteiger charge is 2.40. The number of aryl methyl sites for hydroxylation is 2. The van der Waals surface area contributed by atoms with Gasteiger partial charge in [-0.1, -0.05) is 64.8 Å². The molecule has 1 aliphatic heterocycles. The summed E-state index contributed by atoms with van der Waals surface area (Å²) < 4.78 is 0. The summed E-state index contributed by atoms with van der Waals surface area (Å²) in [6.45, 7) is 3.96. The van der Waals surface area contributed by atoms with Gasteiger partial charge < -0.3 is 5.32 Å². The molecule has 2 amide bonds. The van der Waals surface area contributed by atoms with Crippen LogP contribution < -0.4 is 10.2 Å². The maximum absolute atomic E-state index is 13.4. The number of amides is 2. The van der Waals surface area contributed by atoms with E-state index in [-0.39, 0.29) is 5.70 Å². The minimum Gasteiger partial charge on any atom is -0.350 e. The van der Waals surface area contributed by atoms with Crippen LogP contribution in [-0.2, 0) is 9.59 Å². The van der Waals surface area contributed by atoms with E-state index < -0.39 is 11.8 Å². The van der Waals surface area contributed by atoms with Gasteiger partial charge in [0.25, 0.3) is 11.8 Å². The number of thioether (sulfide) groups is 1. The topological polar surface area (TPSA) is 49.4 Å². The average molecular weight is 469 g/mol. The Morgan fingerprint density at radius 1 is 0.806 bits per heavy atom. The third-order valence-electron chi connectivity index (χ3n) is 4.68. The van der Waals surface area contributed by atoms with Gasteiger partial charge in [0.2, 0.25) is 0 Å². The van der Waals surface area contributed by atoms with Crippen molar-refractivity contribution in [2.75, 3.05) is 10.2 Å². The molecule has 0 saturated heterocycles. The number of halogens is 2. The molecule has 3 aromatic rings. The lowest BCUT2D eigenvalue weighted by Crippen LogP contribution is -2.32. The fraction of sp³-hybridized carbons (Fsp3) is 0.0833. The predicted molar refractivity (Wildman–Crippen MR) is 128 cm³/mol. The van der Waals surface area contributed by atoms with Gasteiger partial charge in [-0.15, -0.1) is 0 Å². The van der Waals surface area contributed by atoms with E-state index >= 15 is 0 Å². The van der Waals surface area contributed by atoms with E-state index in [2.05, 4.69) is 5.32 Å². The van der Waals surface area contributed by atoms with Gasteiger partial charge in [-0.05, 0) is 61.9 Å². The van der Waals surface area contributed by atoms with Crippen LogP contribution in [-0.4, -0.2) is 11.8 Å². The zero-order valence-electron chi connectivity index (χ0n) is 16.8. The Kier molecular flexibility index (Phi) is 6.10. The van der Waals surface area contributed by atoms with Crippen LogP contribution in [0.4, 0.5) is 11.4 Å². The van der Waals surface area contributed by atoms with E-state index in [4.69, 9.17) is 23.2 Å². The fourth-order valence-electron chi connectivity index (χ4n) is 3.21. The normalized spacial score (nSPS) is 13.9. The summed E-state index contributed by atoms with van der Waals surface area (Å²) in [6.07, 6.45) is 0. The second-order valence-corrected chi connectivity index (χ2v) is 9.14. The van der Waals surface area contributed by atoms with E-state index in [0.717, 1.165) is 26.6 Å². The van der Waals surface area contributed by atoms with Crippen LogP contribution in [0.2, 0.25) is 10.0 Å². The Hall–Kier alpha value is -2.73. The molecule has 1 N–H and O–H groups in total. The summed E-state index contributed by atoms with van der Waals surface area (Å²) in [5, 5.41) is 3.84. The monoisotopic (exact) mass is 468 g/mol. The molecule has 31 heavy (non-hydrogen) atoms. The number of nitrogens with one attached hydrogen (secondary N) is 1. The zero-order valence-corrected chi connectivity index (χ0v) is 19.1. The molecule has 0 fully saturated rings. The number of imide groups is 1. The molecule has 7 heteroatoms. The van der Waals surface area contributed by atoms with Gasteiger partial charge in [0.1, 0.15) is 10.6 Å². The Morgan fingerprint density at radius 3 is 2.13 bits per heavy atom. The Bertz CT molecular complexity index is 1200. The Labute approximate surface area is 194 Å². The minimum absolute atomic E-state index is 0.220. The van der Waals surface area contributed by atoms with Crippen molar-refractivity contribution >= 4 is 58.2 Å². The summed E-state index contributed by atoms with van der Waals surface area (Å²) in [5.74, 6) is -0.886. The van der Waals surface area contributed by atoms with Gasteiger partial charge in [-0.3, -0.25) is 9.59 Å². The second-order valence-electron chi connectivity index (χ2n) is 7.19. The molecule has 1 aliphatic rings. The van der Waals surface area contributed by atoms with Crippen LogP contribution in [0.3, 0.4) is 0 Å². The highest BCUT2D eigenvalue weighted by atomic mass is 35.5. The zero-order chi connectivity index (χ0) is 22.1. The molecule has 4 nitrogen and oxygen atoms in total. The van der Waals surface area contributed by atoms with Crippen LogP contribution in [0.1, 0.15) is 11.1 Å². The van der Waals surface area contributed by atoms with Crippen LogP contribution in [0.25, 0.3) is 0 Å². The Morgan fingerprint density at radius 2 is 1.48 bits per heavy atom. The third-order valence-corrected chi connectivity index (χ3v) is 6.20. The summed E-state index contributed by atoms with van der Waals surface area (Å²) in [7, 11) is 0. The summed E-state index contributed by atoms with van der Waals surface area (Å²) in [4.78, 5) is 29.0. The molecule has 4 rings (SSSR count). The molecule has 0 saturated carbocycles. The summed E-state index contributed by atoms with van der Waals surface area (Å²) in [6, 6.07) is 20.0. The number of anilines is 2. The number of benzene rings is 3. The largest absolute Gasteiger partial charge is 0.350 e. The van der Waals surface area contributed by atoms with Crippen LogP contribution in [0, 0.1) is 13.8 Å². The van der Waals surface area contributed by atoms with Crippen LogP contribution in [0.5, 0.6) is 0 Å². The van der Waals surface area contributed by atoms with E-state index in [9.17, 15) is 9.59 Å². The van der Waals surface area contributed by atoms with Crippen molar-refractivity contribution in [3.05, 3.63) is 98.5 Å². The number of carbonyl (C=O) groups excluding carboxylic acids is 2. The number of rotatable bonds is 5. The highest BCUT2D eigenvalue weighted by molar-refractivity contribution is 8.04. The third kappa shape index (κ3) is 4.64. The number of carbonyl (C=O) groups is 2. The van der Waals surface area contributed by atoms with Crippen LogP contribution in [0.15, 0.2) is 82.2 Å². The smallest absolute Gasteiger partial charge is 0.283 e. The molecule has 0 atom stereocenters. The van der Waals surface area contributed by atoms with Gasteiger partial charge in [0.15, 0.2) is 0 Å².